The number of benzene rings is 1. The van der Waals surface area contributed by atoms with E-state index in [1.165, 1.54) is 12.1 Å². The fraction of sp³-hybridized carbons (Fsp3) is 0.167. The lowest BCUT2D eigenvalue weighted by molar-refractivity contribution is -0.275. The number of rotatable bonds is 4. The van der Waals surface area contributed by atoms with Crippen LogP contribution < -0.4 is 5.11 Å². The predicted octanol–water partition coefficient (Wildman–Crippen LogP) is 0.677. The van der Waals surface area contributed by atoms with Crippen LogP contribution in [0.15, 0.2) is 42.2 Å². The molecule has 4 nitrogen and oxygen atoms in total. The Morgan fingerprint density at radius 2 is 1.94 bits per heavy atom. The molecule has 0 fully saturated rings. The highest BCUT2D eigenvalue weighted by Crippen LogP contribution is 2.08. The van der Waals surface area contributed by atoms with Crippen LogP contribution in [-0.4, -0.2) is 18.4 Å². The zero-order valence-corrected chi connectivity index (χ0v) is 8.80. The highest BCUT2D eigenvalue weighted by molar-refractivity contribution is 6.23. The molecule has 1 rings (SSSR count). The highest BCUT2D eigenvalue weighted by Gasteiger charge is 2.18. The maximum absolute atomic E-state index is 11.7. The summed E-state index contributed by atoms with van der Waals surface area (Å²) >= 11 is 0. The van der Waals surface area contributed by atoms with Crippen molar-refractivity contribution in [3.63, 3.8) is 0 Å². The second-order valence-corrected chi connectivity index (χ2v) is 2.95. The summed E-state index contributed by atoms with van der Waals surface area (Å²) in [7, 11) is 0. The van der Waals surface area contributed by atoms with Crippen molar-refractivity contribution in [1.82, 2.24) is 0 Å². The molecule has 0 saturated heterocycles. The minimum Gasteiger partial charge on any atom is -0.877 e. The fourth-order valence-electron chi connectivity index (χ4n) is 1.15. The van der Waals surface area contributed by atoms with Crippen LogP contribution in [0.2, 0.25) is 0 Å². The number of Topliss-reactive ketones (excluding diaryl/α,β-unsaturated/α-hetero) is 1. The zero-order chi connectivity index (χ0) is 12.0. The standard InChI is InChI=1S/C12H12O4/c1-2-16-12(15)10(8-13)11(14)9-6-4-3-5-7-9/h3-8,13H,2H2,1H3/p-1/b10-8-. The molecule has 4 heteroatoms. The van der Waals surface area contributed by atoms with Gasteiger partial charge in [-0.2, -0.15) is 0 Å². The molecule has 0 spiro atoms. The SMILES string of the molecule is CCOC(=O)/C(=C\[O-])C(=O)c1ccccc1. The molecule has 0 aliphatic rings. The summed E-state index contributed by atoms with van der Waals surface area (Å²) in [5, 5.41) is 10.7. The van der Waals surface area contributed by atoms with Crippen molar-refractivity contribution in [2.75, 3.05) is 6.61 Å². The number of esters is 1. The molecule has 0 heterocycles. The van der Waals surface area contributed by atoms with Gasteiger partial charge in [0.2, 0.25) is 0 Å². The van der Waals surface area contributed by atoms with Crippen molar-refractivity contribution < 1.29 is 19.4 Å². The van der Waals surface area contributed by atoms with Crippen LogP contribution >= 0.6 is 0 Å². The van der Waals surface area contributed by atoms with Gasteiger partial charge in [0, 0.05) is 5.56 Å². The van der Waals surface area contributed by atoms with Gasteiger partial charge in [0.05, 0.1) is 12.2 Å². The molecule has 0 radical (unpaired) electrons. The third-order valence-corrected chi connectivity index (χ3v) is 1.89. The Morgan fingerprint density at radius 3 is 2.44 bits per heavy atom. The number of ketones is 1. The molecule has 1 aromatic carbocycles. The Morgan fingerprint density at radius 1 is 1.31 bits per heavy atom. The van der Waals surface area contributed by atoms with E-state index in [1.807, 2.05) is 0 Å². The summed E-state index contributed by atoms with van der Waals surface area (Å²) in [5.74, 6) is -1.50. The maximum atomic E-state index is 11.7. The summed E-state index contributed by atoms with van der Waals surface area (Å²) in [5.41, 5.74) is -0.189. The predicted molar refractivity (Wildman–Crippen MR) is 55.5 cm³/mol. The molecule has 0 bridgehead atoms. The zero-order valence-electron chi connectivity index (χ0n) is 8.80. The first-order valence-corrected chi connectivity index (χ1v) is 4.79. The average molecular weight is 219 g/mol. The van der Waals surface area contributed by atoms with Gasteiger partial charge in [0.25, 0.3) is 0 Å². The lowest BCUT2D eigenvalue weighted by atomic mass is 10.0. The van der Waals surface area contributed by atoms with E-state index < -0.39 is 17.3 Å². The highest BCUT2D eigenvalue weighted by atomic mass is 16.5. The monoisotopic (exact) mass is 219 g/mol. The van der Waals surface area contributed by atoms with Gasteiger partial charge in [-0.05, 0) is 6.92 Å². The van der Waals surface area contributed by atoms with Crippen molar-refractivity contribution in [2.24, 2.45) is 0 Å². The van der Waals surface area contributed by atoms with E-state index in [1.54, 1.807) is 25.1 Å². The minimum absolute atomic E-state index is 0.123. The minimum atomic E-state index is -0.883. The maximum Gasteiger partial charge on any atom is 0.340 e. The first kappa shape index (κ1) is 12.0. The molecule has 0 aliphatic heterocycles. The van der Waals surface area contributed by atoms with Crippen LogP contribution in [0.1, 0.15) is 17.3 Å². The van der Waals surface area contributed by atoms with E-state index >= 15 is 0 Å². The van der Waals surface area contributed by atoms with Gasteiger partial charge < -0.3 is 9.84 Å². The summed E-state index contributed by atoms with van der Waals surface area (Å²) in [6, 6.07) is 8.11. The quantitative estimate of drug-likeness (QED) is 0.186. The molecular weight excluding hydrogens is 208 g/mol. The second kappa shape index (κ2) is 5.70. The number of hydrogen-bond donors (Lipinski definition) is 0. The van der Waals surface area contributed by atoms with Gasteiger partial charge in [0.1, 0.15) is 0 Å². The van der Waals surface area contributed by atoms with Gasteiger partial charge in [0.15, 0.2) is 5.78 Å². The molecular formula is C12H11O4-. The van der Waals surface area contributed by atoms with Crippen LogP contribution in [0, 0.1) is 0 Å². The summed E-state index contributed by atoms with van der Waals surface area (Å²) < 4.78 is 4.61. The fourth-order valence-corrected chi connectivity index (χ4v) is 1.15. The Hall–Kier alpha value is -2.10. The van der Waals surface area contributed by atoms with E-state index in [2.05, 4.69) is 4.74 Å². The lowest BCUT2D eigenvalue weighted by Crippen LogP contribution is -2.18. The van der Waals surface area contributed by atoms with Crippen LogP contribution in [0.3, 0.4) is 0 Å². The smallest absolute Gasteiger partial charge is 0.340 e. The van der Waals surface area contributed by atoms with E-state index in [4.69, 9.17) is 0 Å². The molecule has 0 unspecified atom stereocenters. The van der Waals surface area contributed by atoms with Gasteiger partial charge in [-0.1, -0.05) is 30.3 Å². The normalized spacial score (nSPS) is 10.9. The molecule has 0 aromatic heterocycles. The Kier molecular flexibility index (Phi) is 4.27. The van der Waals surface area contributed by atoms with Crippen molar-refractivity contribution in [1.29, 1.82) is 0 Å². The summed E-state index contributed by atoms with van der Waals surface area (Å²) in [6.45, 7) is 1.73. The Bertz CT molecular complexity index is 406. The molecule has 0 saturated carbocycles. The third kappa shape index (κ3) is 2.70. The van der Waals surface area contributed by atoms with E-state index in [0.29, 0.717) is 0 Å². The molecule has 0 atom stereocenters. The summed E-state index contributed by atoms with van der Waals surface area (Å²) in [6.07, 6.45) is 0.229. The van der Waals surface area contributed by atoms with Gasteiger partial charge in [-0.3, -0.25) is 4.79 Å². The van der Waals surface area contributed by atoms with E-state index in [0.717, 1.165) is 0 Å². The molecule has 0 N–H and O–H groups in total. The first-order chi connectivity index (χ1) is 7.70. The van der Waals surface area contributed by atoms with Crippen LogP contribution in [0.25, 0.3) is 0 Å². The van der Waals surface area contributed by atoms with Crippen molar-refractivity contribution in [3.8, 4) is 0 Å². The third-order valence-electron chi connectivity index (χ3n) is 1.89. The lowest BCUT2D eigenvalue weighted by Gasteiger charge is -2.07. The van der Waals surface area contributed by atoms with Gasteiger partial charge >= 0.3 is 5.97 Å². The molecule has 84 valence electrons. The number of ether oxygens (including phenoxy) is 1. The molecule has 16 heavy (non-hydrogen) atoms. The Balaban J connectivity index is 2.92. The van der Waals surface area contributed by atoms with Crippen LogP contribution in [0.5, 0.6) is 0 Å². The van der Waals surface area contributed by atoms with Gasteiger partial charge in [-0.15, -0.1) is 6.26 Å². The number of carbonyl (C=O) groups excluding carboxylic acids is 2. The van der Waals surface area contributed by atoms with Gasteiger partial charge in [-0.25, -0.2) is 4.79 Å². The number of carbonyl (C=O) groups is 2. The van der Waals surface area contributed by atoms with E-state index in [-0.39, 0.29) is 18.4 Å². The van der Waals surface area contributed by atoms with Crippen molar-refractivity contribution >= 4 is 11.8 Å². The average Bonchev–Trinajstić information content (AvgIpc) is 2.31. The largest absolute Gasteiger partial charge is 0.877 e. The first-order valence-electron chi connectivity index (χ1n) is 4.79. The summed E-state index contributed by atoms with van der Waals surface area (Å²) in [4.78, 5) is 23.0. The topological polar surface area (TPSA) is 66.4 Å². The van der Waals surface area contributed by atoms with Crippen LogP contribution in [0.4, 0.5) is 0 Å². The molecule has 0 amide bonds. The molecule has 0 aliphatic carbocycles. The van der Waals surface area contributed by atoms with Crippen molar-refractivity contribution in [3.05, 3.63) is 47.7 Å². The van der Waals surface area contributed by atoms with Crippen molar-refractivity contribution in [2.45, 2.75) is 6.92 Å². The molecule has 1 aromatic rings. The van der Waals surface area contributed by atoms with E-state index in [9.17, 15) is 14.7 Å². The second-order valence-electron chi connectivity index (χ2n) is 2.95. The Labute approximate surface area is 93.2 Å². The number of hydrogen-bond acceptors (Lipinski definition) is 4. The van der Waals surface area contributed by atoms with Crippen LogP contribution in [-0.2, 0) is 9.53 Å².